The van der Waals surface area contributed by atoms with E-state index in [-0.39, 0.29) is 19.5 Å². The number of hydrogen-bond acceptors (Lipinski definition) is 5. The van der Waals surface area contributed by atoms with Crippen LogP contribution >= 0.6 is 11.6 Å². The fourth-order valence-corrected chi connectivity index (χ4v) is 2.04. The number of hydrogen-bond donors (Lipinski definition) is 1. The standard InChI is InChI=1S/C15H13ClN2O5/c1-2-6-17-13(19)9-22-14(20)5-7-18-11-4-3-10(16)8-12(11)23-15(18)21/h1,3-4,8H,5-7,9H2,(H,17,19). The number of nitrogens with zero attached hydrogens (tertiary/aromatic N) is 1. The molecular weight excluding hydrogens is 324 g/mol. The zero-order valence-electron chi connectivity index (χ0n) is 12.0. The Hall–Kier alpha value is -2.72. The highest BCUT2D eigenvalue weighted by Gasteiger charge is 2.12. The van der Waals surface area contributed by atoms with E-state index in [0.717, 1.165) is 0 Å². The van der Waals surface area contributed by atoms with E-state index in [1.165, 1.54) is 10.6 Å². The van der Waals surface area contributed by atoms with Gasteiger partial charge in [-0.25, -0.2) is 4.79 Å². The number of fused-ring (bicyclic) bond motifs is 1. The quantitative estimate of drug-likeness (QED) is 0.626. The molecule has 1 aromatic carbocycles. The van der Waals surface area contributed by atoms with Crippen LogP contribution in [0.2, 0.25) is 5.02 Å². The van der Waals surface area contributed by atoms with Gasteiger partial charge in [-0.05, 0) is 12.1 Å². The Morgan fingerprint density at radius 1 is 1.43 bits per heavy atom. The van der Waals surface area contributed by atoms with Crippen LogP contribution in [0.4, 0.5) is 0 Å². The van der Waals surface area contributed by atoms with Crippen molar-refractivity contribution < 1.29 is 18.7 Å². The van der Waals surface area contributed by atoms with E-state index in [9.17, 15) is 14.4 Å². The number of aromatic nitrogens is 1. The van der Waals surface area contributed by atoms with Gasteiger partial charge >= 0.3 is 11.7 Å². The van der Waals surface area contributed by atoms with Gasteiger partial charge in [0.1, 0.15) is 0 Å². The number of carbonyl (C=O) groups is 2. The van der Waals surface area contributed by atoms with Crippen LogP contribution < -0.4 is 11.1 Å². The Morgan fingerprint density at radius 3 is 2.96 bits per heavy atom. The largest absolute Gasteiger partial charge is 0.456 e. The van der Waals surface area contributed by atoms with E-state index in [1.807, 2.05) is 0 Å². The summed E-state index contributed by atoms with van der Waals surface area (Å²) in [5.41, 5.74) is 0.864. The molecule has 0 aliphatic heterocycles. The van der Waals surface area contributed by atoms with E-state index in [4.69, 9.17) is 27.2 Å². The van der Waals surface area contributed by atoms with Crippen molar-refractivity contribution in [1.82, 2.24) is 9.88 Å². The van der Waals surface area contributed by atoms with Crippen LogP contribution in [0.15, 0.2) is 27.4 Å². The van der Waals surface area contributed by atoms with Gasteiger partial charge in [0.15, 0.2) is 12.2 Å². The summed E-state index contributed by atoms with van der Waals surface area (Å²) in [6, 6.07) is 4.76. The summed E-state index contributed by atoms with van der Waals surface area (Å²) in [4.78, 5) is 34.6. The SMILES string of the molecule is C#CCNC(=O)COC(=O)CCn1c(=O)oc2cc(Cl)ccc21. The maximum absolute atomic E-state index is 11.8. The molecular formula is C15H13ClN2O5. The van der Waals surface area contributed by atoms with Gasteiger partial charge in [-0.15, -0.1) is 6.42 Å². The lowest BCUT2D eigenvalue weighted by molar-refractivity contribution is -0.148. The van der Waals surface area contributed by atoms with Crippen molar-refractivity contribution in [2.45, 2.75) is 13.0 Å². The Kier molecular flexibility index (Phi) is 5.44. The van der Waals surface area contributed by atoms with Gasteiger partial charge in [-0.1, -0.05) is 17.5 Å². The Balaban J connectivity index is 1.92. The van der Waals surface area contributed by atoms with Gasteiger partial charge in [0.25, 0.3) is 5.91 Å². The summed E-state index contributed by atoms with van der Waals surface area (Å²) < 4.78 is 11.1. The number of benzene rings is 1. The molecule has 8 heteroatoms. The third-order valence-corrected chi connectivity index (χ3v) is 3.16. The van der Waals surface area contributed by atoms with Gasteiger partial charge in [0, 0.05) is 17.6 Å². The van der Waals surface area contributed by atoms with Gasteiger partial charge in [0.05, 0.1) is 18.5 Å². The maximum Gasteiger partial charge on any atom is 0.419 e. The molecule has 0 unspecified atom stereocenters. The van der Waals surface area contributed by atoms with Crippen molar-refractivity contribution in [1.29, 1.82) is 0 Å². The molecule has 0 fully saturated rings. The van der Waals surface area contributed by atoms with Crippen LogP contribution in [-0.4, -0.2) is 29.6 Å². The minimum Gasteiger partial charge on any atom is -0.456 e. The van der Waals surface area contributed by atoms with Gasteiger partial charge in [0.2, 0.25) is 0 Å². The second-order valence-corrected chi connectivity index (χ2v) is 4.96. The molecule has 1 amide bonds. The van der Waals surface area contributed by atoms with Gasteiger partial charge < -0.3 is 14.5 Å². The molecule has 1 N–H and O–H groups in total. The van der Waals surface area contributed by atoms with Crippen molar-refractivity contribution >= 4 is 34.6 Å². The lowest BCUT2D eigenvalue weighted by Crippen LogP contribution is -2.29. The number of ether oxygens (including phenoxy) is 1. The molecule has 0 radical (unpaired) electrons. The molecule has 1 aromatic heterocycles. The fourth-order valence-electron chi connectivity index (χ4n) is 1.87. The van der Waals surface area contributed by atoms with Crippen LogP contribution in [0.3, 0.4) is 0 Å². The normalized spacial score (nSPS) is 10.3. The minimum atomic E-state index is -0.615. The van der Waals surface area contributed by atoms with Crippen LogP contribution in [0, 0.1) is 12.3 Å². The Labute approximate surface area is 136 Å². The molecule has 0 atom stereocenters. The number of oxazole rings is 1. The highest BCUT2D eigenvalue weighted by atomic mass is 35.5. The van der Waals surface area contributed by atoms with Gasteiger partial charge in [-0.2, -0.15) is 0 Å². The first-order valence-electron chi connectivity index (χ1n) is 6.66. The van der Waals surface area contributed by atoms with E-state index in [0.29, 0.717) is 16.1 Å². The molecule has 2 rings (SSSR count). The van der Waals surface area contributed by atoms with Crippen molar-refractivity contribution in [2.75, 3.05) is 13.2 Å². The summed E-state index contributed by atoms with van der Waals surface area (Å²) in [6.07, 6.45) is 4.90. The first-order chi connectivity index (χ1) is 11.0. The number of halogens is 1. The van der Waals surface area contributed by atoms with E-state index < -0.39 is 24.2 Å². The Morgan fingerprint density at radius 2 is 2.22 bits per heavy atom. The number of aryl methyl sites for hydroxylation is 1. The molecule has 0 aliphatic carbocycles. The summed E-state index contributed by atoms with van der Waals surface area (Å²) in [6.45, 7) is -0.287. The molecule has 23 heavy (non-hydrogen) atoms. The third kappa shape index (κ3) is 4.37. The lowest BCUT2D eigenvalue weighted by Gasteiger charge is -2.05. The molecule has 1 heterocycles. The number of rotatable bonds is 6. The van der Waals surface area contributed by atoms with E-state index in [2.05, 4.69) is 11.2 Å². The zero-order valence-corrected chi connectivity index (χ0v) is 12.8. The van der Waals surface area contributed by atoms with E-state index in [1.54, 1.807) is 12.1 Å². The topological polar surface area (TPSA) is 90.5 Å². The molecule has 7 nitrogen and oxygen atoms in total. The average Bonchev–Trinajstić information content (AvgIpc) is 2.83. The summed E-state index contributed by atoms with van der Waals surface area (Å²) in [7, 11) is 0. The average molecular weight is 337 g/mol. The number of terminal acetylenes is 1. The second kappa shape index (κ2) is 7.51. The van der Waals surface area contributed by atoms with Crippen molar-refractivity contribution in [2.24, 2.45) is 0 Å². The summed E-state index contributed by atoms with van der Waals surface area (Å²) in [5.74, 6) is 0.528. The molecule has 0 aliphatic rings. The minimum absolute atomic E-state index is 0.0648. The predicted molar refractivity (Wildman–Crippen MR) is 82.9 cm³/mol. The van der Waals surface area contributed by atoms with Crippen molar-refractivity contribution in [3.05, 3.63) is 33.8 Å². The first-order valence-corrected chi connectivity index (χ1v) is 7.03. The highest BCUT2D eigenvalue weighted by Crippen LogP contribution is 2.18. The summed E-state index contributed by atoms with van der Waals surface area (Å²) >= 11 is 5.82. The number of amides is 1. The monoisotopic (exact) mass is 336 g/mol. The predicted octanol–water partition coefficient (Wildman–Crippen LogP) is 0.931. The van der Waals surface area contributed by atoms with Crippen molar-refractivity contribution in [3.8, 4) is 12.3 Å². The second-order valence-electron chi connectivity index (χ2n) is 4.52. The number of nitrogens with one attached hydrogen (secondary N) is 1. The van der Waals surface area contributed by atoms with Crippen molar-refractivity contribution in [3.63, 3.8) is 0 Å². The molecule has 0 spiro atoms. The number of carbonyl (C=O) groups excluding carboxylic acids is 2. The maximum atomic E-state index is 11.8. The smallest absolute Gasteiger partial charge is 0.419 e. The molecule has 2 aromatic rings. The van der Waals surface area contributed by atoms with Crippen LogP contribution in [0.25, 0.3) is 11.1 Å². The third-order valence-electron chi connectivity index (χ3n) is 2.92. The van der Waals surface area contributed by atoms with Gasteiger partial charge in [-0.3, -0.25) is 14.2 Å². The van der Waals surface area contributed by atoms with E-state index >= 15 is 0 Å². The van der Waals surface area contributed by atoms with Crippen LogP contribution in [0.5, 0.6) is 0 Å². The molecule has 0 saturated carbocycles. The molecule has 0 bridgehead atoms. The van der Waals surface area contributed by atoms with Crippen LogP contribution in [-0.2, 0) is 20.9 Å². The lowest BCUT2D eigenvalue weighted by atomic mass is 10.3. The Bertz CT molecular complexity index is 830. The summed E-state index contributed by atoms with van der Waals surface area (Å²) in [5, 5.41) is 2.80. The zero-order chi connectivity index (χ0) is 16.8. The number of esters is 1. The first kappa shape index (κ1) is 16.6. The molecule has 120 valence electrons. The molecule has 0 saturated heterocycles. The fraction of sp³-hybridized carbons (Fsp3) is 0.267. The van der Waals surface area contributed by atoms with Crippen LogP contribution in [0.1, 0.15) is 6.42 Å². The highest BCUT2D eigenvalue weighted by molar-refractivity contribution is 6.31.